The lowest BCUT2D eigenvalue weighted by Crippen LogP contribution is -2.33. The van der Waals surface area contributed by atoms with Gasteiger partial charge in [-0.15, -0.1) is 0 Å². The number of nitrogens with one attached hydrogen (secondary N) is 1. The van der Waals surface area contributed by atoms with Gasteiger partial charge < -0.3 is 14.8 Å². The van der Waals surface area contributed by atoms with E-state index in [2.05, 4.69) is 5.32 Å². The van der Waals surface area contributed by atoms with Crippen molar-refractivity contribution in [2.24, 2.45) is 0 Å². The number of nitrogens with zero attached hydrogens (tertiary/aromatic N) is 1. The van der Waals surface area contributed by atoms with Crippen molar-refractivity contribution in [2.45, 2.75) is 25.6 Å². The second-order valence-corrected chi connectivity index (χ2v) is 5.79. The highest BCUT2D eigenvalue weighted by atomic mass is 19.1. The van der Waals surface area contributed by atoms with E-state index in [-0.39, 0.29) is 25.1 Å². The molecule has 7 heteroatoms. The van der Waals surface area contributed by atoms with Gasteiger partial charge in [0, 0.05) is 12.5 Å². The highest BCUT2D eigenvalue weighted by Crippen LogP contribution is 2.30. The number of carbonyl (C=O) groups is 2. The molecule has 2 heterocycles. The Bertz CT molecular complexity index is 677. The van der Waals surface area contributed by atoms with Crippen molar-refractivity contribution in [2.75, 3.05) is 24.6 Å². The lowest BCUT2D eigenvalue weighted by atomic mass is 10.0. The number of rotatable bonds is 4. The van der Waals surface area contributed by atoms with Crippen LogP contribution < -0.4 is 10.2 Å². The molecule has 2 aliphatic rings. The number of cyclic esters (lactones) is 1. The second kappa shape index (κ2) is 7.00. The van der Waals surface area contributed by atoms with Crippen LogP contribution in [0.4, 0.5) is 14.9 Å². The lowest BCUT2D eigenvalue weighted by molar-refractivity contribution is -0.119. The maximum Gasteiger partial charge on any atom is 0.414 e. The van der Waals surface area contributed by atoms with Crippen LogP contribution in [0.5, 0.6) is 0 Å². The standard InChI is InChI=1S/C17H19FN2O4/c1-11(21)19-9-13-10-20(17(22)24-13)12-5-6-14(15(18)8-12)16-4-2-3-7-23-16/h2-3,5-6,8,13,16H,4,7,9-10H2,1H3,(H,19,21)/t13-,16?/m0/s1. The summed E-state index contributed by atoms with van der Waals surface area (Å²) < 4.78 is 25.1. The van der Waals surface area contributed by atoms with Crippen LogP contribution in [0.25, 0.3) is 0 Å². The summed E-state index contributed by atoms with van der Waals surface area (Å²) in [5, 5.41) is 2.60. The summed E-state index contributed by atoms with van der Waals surface area (Å²) >= 11 is 0. The van der Waals surface area contributed by atoms with Gasteiger partial charge in [-0.05, 0) is 18.6 Å². The van der Waals surface area contributed by atoms with Crippen molar-refractivity contribution >= 4 is 17.7 Å². The largest absolute Gasteiger partial charge is 0.442 e. The molecule has 1 aromatic rings. The zero-order chi connectivity index (χ0) is 17.1. The molecule has 0 spiro atoms. The van der Waals surface area contributed by atoms with E-state index in [1.165, 1.54) is 17.9 Å². The number of hydrogen-bond donors (Lipinski definition) is 1. The Kier molecular flexibility index (Phi) is 4.80. The first-order chi connectivity index (χ1) is 11.5. The van der Waals surface area contributed by atoms with Crippen LogP contribution in [0.2, 0.25) is 0 Å². The summed E-state index contributed by atoms with van der Waals surface area (Å²) in [7, 11) is 0. The van der Waals surface area contributed by atoms with Gasteiger partial charge >= 0.3 is 6.09 Å². The zero-order valence-corrected chi connectivity index (χ0v) is 13.3. The van der Waals surface area contributed by atoms with Gasteiger partial charge in [-0.2, -0.15) is 0 Å². The SMILES string of the molecule is CC(=O)NC[C@H]1CN(c2ccc(C3CC=CCO3)c(F)c2)C(=O)O1. The summed E-state index contributed by atoms with van der Waals surface area (Å²) in [5.74, 6) is -0.604. The number of carbonyl (C=O) groups excluding carboxylic acids is 2. The normalized spacial score (nSPS) is 23.2. The van der Waals surface area contributed by atoms with Crippen molar-refractivity contribution in [3.05, 3.63) is 41.7 Å². The fraction of sp³-hybridized carbons (Fsp3) is 0.412. The van der Waals surface area contributed by atoms with Gasteiger partial charge in [0.2, 0.25) is 5.91 Å². The predicted molar refractivity (Wildman–Crippen MR) is 85.1 cm³/mol. The smallest absolute Gasteiger partial charge is 0.414 e. The molecule has 128 valence electrons. The van der Waals surface area contributed by atoms with Crippen molar-refractivity contribution < 1.29 is 23.5 Å². The zero-order valence-electron chi connectivity index (χ0n) is 13.3. The Hall–Kier alpha value is -2.41. The summed E-state index contributed by atoms with van der Waals surface area (Å²) in [6.07, 6.45) is 3.19. The molecule has 2 amide bonds. The van der Waals surface area contributed by atoms with Gasteiger partial charge in [0.15, 0.2) is 0 Å². The predicted octanol–water partition coefficient (Wildman–Crippen LogP) is 2.30. The minimum Gasteiger partial charge on any atom is -0.442 e. The summed E-state index contributed by atoms with van der Waals surface area (Å²) in [5.41, 5.74) is 0.906. The maximum absolute atomic E-state index is 14.4. The number of amides is 2. The van der Waals surface area contributed by atoms with E-state index >= 15 is 0 Å². The van der Waals surface area contributed by atoms with Crippen LogP contribution in [-0.2, 0) is 14.3 Å². The van der Waals surface area contributed by atoms with Gasteiger partial charge in [0.1, 0.15) is 11.9 Å². The van der Waals surface area contributed by atoms with Crippen LogP contribution in [0, 0.1) is 5.82 Å². The van der Waals surface area contributed by atoms with E-state index in [1.54, 1.807) is 12.1 Å². The summed E-state index contributed by atoms with van der Waals surface area (Å²) in [4.78, 5) is 24.3. The molecule has 0 aliphatic carbocycles. The molecular weight excluding hydrogens is 315 g/mol. The highest BCUT2D eigenvalue weighted by Gasteiger charge is 2.33. The van der Waals surface area contributed by atoms with E-state index in [0.29, 0.717) is 24.3 Å². The minimum atomic E-state index is -0.547. The molecule has 2 aliphatic heterocycles. The Labute approximate surface area is 139 Å². The van der Waals surface area contributed by atoms with Gasteiger partial charge in [0.05, 0.1) is 31.5 Å². The molecule has 1 N–H and O–H groups in total. The third-order valence-electron chi connectivity index (χ3n) is 4.01. The quantitative estimate of drug-likeness (QED) is 0.858. The van der Waals surface area contributed by atoms with Gasteiger partial charge in [-0.25, -0.2) is 9.18 Å². The molecule has 1 aromatic carbocycles. The van der Waals surface area contributed by atoms with E-state index < -0.39 is 18.0 Å². The van der Waals surface area contributed by atoms with Gasteiger partial charge in [-0.1, -0.05) is 18.2 Å². The first-order valence-corrected chi connectivity index (χ1v) is 7.83. The average Bonchev–Trinajstić information content (AvgIpc) is 2.94. The number of benzene rings is 1. The van der Waals surface area contributed by atoms with Crippen molar-refractivity contribution in [1.29, 1.82) is 0 Å². The minimum absolute atomic E-state index is 0.193. The monoisotopic (exact) mass is 334 g/mol. The molecule has 1 unspecified atom stereocenters. The highest BCUT2D eigenvalue weighted by molar-refractivity contribution is 5.89. The number of anilines is 1. The molecule has 24 heavy (non-hydrogen) atoms. The topological polar surface area (TPSA) is 67.9 Å². The van der Waals surface area contributed by atoms with E-state index in [9.17, 15) is 14.0 Å². The number of ether oxygens (including phenoxy) is 2. The third kappa shape index (κ3) is 3.56. The fourth-order valence-corrected chi connectivity index (χ4v) is 2.79. The van der Waals surface area contributed by atoms with E-state index in [4.69, 9.17) is 9.47 Å². The first-order valence-electron chi connectivity index (χ1n) is 7.83. The van der Waals surface area contributed by atoms with Crippen molar-refractivity contribution in [3.63, 3.8) is 0 Å². The number of halogens is 1. The number of hydrogen-bond acceptors (Lipinski definition) is 4. The summed E-state index contributed by atoms with van der Waals surface area (Å²) in [6.45, 7) is 2.36. The van der Waals surface area contributed by atoms with Crippen LogP contribution in [0.15, 0.2) is 30.4 Å². The van der Waals surface area contributed by atoms with Crippen LogP contribution in [-0.4, -0.2) is 37.8 Å². The molecule has 6 nitrogen and oxygen atoms in total. The molecule has 0 bridgehead atoms. The first kappa shape index (κ1) is 16.4. The Morgan fingerprint density at radius 2 is 2.25 bits per heavy atom. The van der Waals surface area contributed by atoms with Crippen molar-refractivity contribution in [3.8, 4) is 0 Å². The molecule has 3 rings (SSSR count). The Balaban J connectivity index is 1.70. The van der Waals surface area contributed by atoms with E-state index in [0.717, 1.165) is 0 Å². The third-order valence-corrected chi connectivity index (χ3v) is 4.01. The van der Waals surface area contributed by atoms with Crippen LogP contribution in [0.1, 0.15) is 25.0 Å². The van der Waals surface area contributed by atoms with Crippen LogP contribution in [0.3, 0.4) is 0 Å². The van der Waals surface area contributed by atoms with Gasteiger partial charge in [-0.3, -0.25) is 9.69 Å². The molecule has 0 aromatic heterocycles. The molecule has 2 atom stereocenters. The Morgan fingerprint density at radius 1 is 1.42 bits per heavy atom. The molecule has 0 saturated carbocycles. The summed E-state index contributed by atoms with van der Waals surface area (Å²) in [6, 6.07) is 4.64. The Morgan fingerprint density at radius 3 is 2.92 bits per heavy atom. The molecular formula is C17H19FN2O4. The van der Waals surface area contributed by atoms with Gasteiger partial charge in [0.25, 0.3) is 0 Å². The van der Waals surface area contributed by atoms with E-state index in [1.807, 2.05) is 12.2 Å². The maximum atomic E-state index is 14.4. The van der Waals surface area contributed by atoms with Crippen LogP contribution >= 0.6 is 0 Å². The second-order valence-electron chi connectivity index (χ2n) is 5.79. The molecule has 1 fully saturated rings. The average molecular weight is 334 g/mol. The fourth-order valence-electron chi connectivity index (χ4n) is 2.79. The van der Waals surface area contributed by atoms with Crippen molar-refractivity contribution in [1.82, 2.24) is 5.32 Å². The molecule has 0 radical (unpaired) electrons. The molecule has 1 saturated heterocycles. The lowest BCUT2D eigenvalue weighted by Gasteiger charge is -2.21.